The fraction of sp³-hybridized carbons (Fsp3) is 0.435. The van der Waals surface area contributed by atoms with Crippen LogP contribution in [0.4, 0.5) is 0 Å². The summed E-state index contributed by atoms with van der Waals surface area (Å²) in [5.41, 5.74) is 2.08. The number of carbonyl (C=O) groups excluding carboxylic acids is 2. The number of likely N-dealkylation sites (N-methyl/N-ethyl adjacent to an activating group) is 1. The Morgan fingerprint density at radius 2 is 1.83 bits per heavy atom. The number of benzene rings is 1. The van der Waals surface area contributed by atoms with E-state index in [1.165, 1.54) is 11.3 Å². The summed E-state index contributed by atoms with van der Waals surface area (Å²) in [6, 6.07) is 5.88. The molecule has 1 fully saturated rings. The zero-order chi connectivity index (χ0) is 24.0. The molecule has 188 valence electrons. The first-order valence-corrected chi connectivity index (χ1v) is 12.4. The van der Waals surface area contributed by atoms with Crippen LogP contribution in [0.15, 0.2) is 24.3 Å². The third-order valence-electron chi connectivity index (χ3n) is 6.50. The molecule has 0 radical (unpaired) electrons. The highest BCUT2D eigenvalue weighted by molar-refractivity contribution is 7.13. The van der Waals surface area contributed by atoms with E-state index in [-0.39, 0.29) is 37.1 Å². The van der Waals surface area contributed by atoms with Gasteiger partial charge in [-0.2, -0.15) is 0 Å². The number of rotatable bonds is 4. The van der Waals surface area contributed by atoms with Gasteiger partial charge < -0.3 is 30.7 Å². The Balaban J connectivity index is 0.00000289. The van der Waals surface area contributed by atoms with E-state index in [2.05, 4.69) is 25.5 Å². The van der Waals surface area contributed by atoms with Gasteiger partial charge in [-0.1, -0.05) is 11.6 Å². The summed E-state index contributed by atoms with van der Waals surface area (Å²) in [5, 5.41) is 28.1. The summed E-state index contributed by atoms with van der Waals surface area (Å²) >= 11 is 7.41. The van der Waals surface area contributed by atoms with E-state index in [4.69, 9.17) is 11.6 Å². The predicted molar refractivity (Wildman–Crippen MR) is 136 cm³/mol. The summed E-state index contributed by atoms with van der Waals surface area (Å²) in [4.78, 5) is 36.8. The summed E-state index contributed by atoms with van der Waals surface area (Å²) in [6.45, 7) is 1.67. The number of hydrogen-bond acceptors (Lipinski definition) is 7. The number of H-pyrrole nitrogens is 1. The third-order valence-corrected chi connectivity index (χ3v) is 7.81. The number of aromatic amines is 1. The maximum Gasteiger partial charge on any atom is 0.280 e. The molecular weight excluding hydrogens is 513 g/mol. The number of nitrogens with one attached hydrogen (secondary N) is 3. The summed E-state index contributed by atoms with van der Waals surface area (Å²) in [6.07, 6.45) is -0.954. The Kier molecular flexibility index (Phi) is 7.70. The van der Waals surface area contributed by atoms with Crippen molar-refractivity contribution in [3.05, 3.63) is 50.6 Å². The molecular formula is C23H27Cl2N5O4S. The lowest BCUT2D eigenvalue weighted by Crippen LogP contribution is -2.59. The number of halogens is 2. The van der Waals surface area contributed by atoms with E-state index in [1.807, 2.05) is 7.05 Å². The van der Waals surface area contributed by atoms with Crippen molar-refractivity contribution in [2.75, 3.05) is 13.6 Å². The van der Waals surface area contributed by atoms with Gasteiger partial charge in [-0.25, -0.2) is 4.98 Å². The lowest BCUT2D eigenvalue weighted by atomic mass is 9.86. The van der Waals surface area contributed by atoms with Gasteiger partial charge in [0.1, 0.15) is 5.69 Å². The fourth-order valence-electron chi connectivity index (χ4n) is 4.60. The van der Waals surface area contributed by atoms with Crippen LogP contribution < -0.4 is 10.6 Å². The van der Waals surface area contributed by atoms with Gasteiger partial charge in [0, 0.05) is 40.3 Å². The summed E-state index contributed by atoms with van der Waals surface area (Å²) < 4.78 is 0. The van der Waals surface area contributed by atoms with Crippen LogP contribution in [0.25, 0.3) is 10.9 Å². The molecule has 5 N–H and O–H groups in total. The molecule has 0 spiro atoms. The van der Waals surface area contributed by atoms with E-state index in [0.29, 0.717) is 15.7 Å². The average Bonchev–Trinajstić information content (AvgIpc) is 3.40. The monoisotopic (exact) mass is 539 g/mol. The normalized spacial score (nSPS) is 24.5. The molecule has 35 heavy (non-hydrogen) atoms. The fourth-order valence-corrected chi connectivity index (χ4v) is 5.88. The number of amides is 2. The maximum atomic E-state index is 13.0. The Hall–Kier alpha value is -2.21. The van der Waals surface area contributed by atoms with Crippen molar-refractivity contribution in [3.63, 3.8) is 0 Å². The van der Waals surface area contributed by atoms with Gasteiger partial charge in [0.05, 0.1) is 30.0 Å². The average molecular weight is 540 g/mol. The molecule has 1 aliphatic carbocycles. The van der Waals surface area contributed by atoms with Crippen molar-refractivity contribution in [1.82, 2.24) is 25.5 Å². The van der Waals surface area contributed by atoms with Gasteiger partial charge in [0.2, 0.25) is 0 Å². The number of carbonyl (C=O) groups is 2. The van der Waals surface area contributed by atoms with Gasteiger partial charge in [-0.3, -0.25) is 9.59 Å². The molecule has 3 heterocycles. The number of aliphatic hydroxyl groups excluding tert-OH is 2. The molecule has 9 nitrogen and oxygen atoms in total. The SMILES string of the molecule is CN1CCc2nc(C(=O)N[C@H]3C[C@H](O)[C@H](O)C[C@H]3NC(=O)c3cc4cc(Cl)ccc4[nH]3)sc2C1.Cl. The van der Waals surface area contributed by atoms with Gasteiger partial charge in [0.15, 0.2) is 5.01 Å². The van der Waals surface area contributed by atoms with Crippen LogP contribution in [0.1, 0.15) is 43.7 Å². The van der Waals surface area contributed by atoms with Crippen molar-refractivity contribution in [2.24, 2.45) is 0 Å². The molecule has 2 aliphatic rings. The van der Waals surface area contributed by atoms with Crippen LogP contribution in [0, 0.1) is 0 Å². The first-order chi connectivity index (χ1) is 16.3. The van der Waals surface area contributed by atoms with E-state index < -0.39 is 24.3 Å². The van der Waals surface area contributed by atoms with Crippen LogP contribution in [0.5, 0.6) is 0 Å². The van der Waals surface area contributed by atoms with Crippen molar-refractivity contribution < 1.29 is 19.8 Å². The summed E-state index contributed by atoms with van der Waals surface area (Å²) in [7, 11) is 2.03. The number of fused-ring (bicyclic) bond motifs is 2. The summed E-state index contributed by atoms with van der Waals surface area (Å²) in [5.74, 6) is -0.706. The van der Waals surface area contributed by atoms with Crippen LogP contribution in [0.3, 0.4) is 0 Å². The second-order valence-electron chi connectivity index (χ2n) is 9.06. The predicted octanol–water partition coefficient (Wildman–Crippen LogP) is 2.10. The molecule has 5 rings (SSSR count). The molecule has 12 heteroatoms. The molecule has 0 bridgehead atoms. The Labute approximate surface area is 217 Å². The minimum atomic E-state index is -0.998. The highest BCUT2D eigenvalue weighted by atomic mass is 35.5. The quantitative estimate of drug-likeness (QED) is 0.345. The Bertz CT molecular complexity index is 1250. The van der Waals surface area contributed by atoms with Gasteiger partial charge >= 0.3 is 0 Å². The zero-order valence-electron chi connectivity index (χ0n) is 19.0. The van der Waals surface area contributed by atoms with Crippen molar-refractivity contribution >= 4 is 58.1 Å². The number of nitrogens with zero attached hydrogens (tertiary/aromatic N) is 2. The van der Waals surface area contributed by atoms with Crippen molar-refractivity contribution in [3.8, 4) is 0 Å². The Morgan fingerprint density at radius 1 is 1.14 bits per heavy atom. The lowest BCUT2D eigenvalue weighted by Gasteiger charge is -2.37. The molecule has 4 atom stereocenters. The zero-order valence-corrected chi connectivity index (χ0v) is 21.3. The van der Waals surface area contributed by atoms with Crippen LogP contribution in [-0.2, 0) is 13.0 Å². The second kappa shape index (κ2) is 10.4. The van der Waals surface area contributed by atoms with Gasteiger partial charge in [-0.15, -0.1) is 23.7 Å². The second-order valence-corrected chi connectivity index (χ2v) is 10.6. The molecule has 1 aliphatic heterocycles. The van der Waals surface area contributed by atoms with E-state index in [1.54, 1.807) is 24.3 Å². The topological polar surface area (TPSA) is 131 Å². The maximum absolute atomic E-state index is 13.0. The Morgan fingerprint density at radius 3 is 2.54 bits per heavy atom. The van der Waals surface area contributed by atoms with Gasteiger partial charge in [-0.05, 0) is 44.2 Å². The highest BCUT2D eigenvalue weighted by Crippen LogP contribution is 2.26. The number of aromatic nitrogens is 2. The third kappa shape index (κ3) is 5.47. The molecule has 1 aromatic carbocycles. The van der Waals surface area contributed by atoms with Crippen LogP contribution in [0.2, 0.25) is 5.02 Å². The van der Waals surface area contributed by atoms with Crippen LogP contribution >= 0.6 is 35.3 Å². The lowest BCUT2D eigenvalue weighted by molar-refractivity contribution is -0.0275. The van der Waals surface area contributed by atoms with E-state index in [0.717, 1.165) is 41.0 Å². The molecule has 3 aromatic rings. The minimum absolute atomic E-state index is 0. The standard InChI is InChI=1S/C23H26ClN5O4S.ClH/c1-29-5-4-14-20(10-29)34-23(28-14)22(33)27-16-9-19(31)18(30)8-15(16)26-21(32)17-7-11-6-12(24)2-3-13(11)25-17;/h2-3,6-7,15-16,18-19,25,30-31H,4-5,8-10H2,1H3,(H,26,32)(H,27,33);1H/t15-,16+,18-,19+;/m1./s1. The largest absolute Gasteiger partial charge is 0.390 e. The van der Waals surface area contributed by atoms with E-state index in [9.17, 15) is 19.8 Å². The number of hydrogen-bond donors (Lipinski definition) is 5. The van der Waals surface area contributed by atoms with Crippen molar-refractivity contribution in [1.29, 1.82) is 0 Å². The van der Waals surface area contributed by atoms with E-state index >= 15 is 0 Å². The first kappa shape index (κ1) is 25.9. The number of thiazole rings is 1. The molecule has 2 amide bonds. The molecule has 0 unspecified atom stereocenters. The molecule has 1 saturated carbocycles. The minimum Gasteiger partial charge on any atom is -0.390 e. The molecule has 2 aromatic heterocycles. The molecule has 0 saturated heterocycles. The van der Waals surface area contributed by atoms with Gasteiger partial charge in [0.25, 0.3) is 11.8 Å². The number of aliphatic hydroxyl groups is 2. The first-order valence-electron chi connectivity index (χ1n) is 11.2. The smallest absolute Gasteiger partial charge is 0.280 e. The van der Waals surface area contributed by atoms with Crippen LogP contribution in [-0.4, -0.2) is 74.8 Å². The van der Waals surface area contributed by atoms with Crippen molar-refractivity contribution in [2.45, 2.75) is 50.1 Å². The highest BCUT2D eigenvalue weighted by Gasteiger charge is 2.38.